The molecule has 0 bridgehead atoms. The molecule has 0 aromatic heterocycles. The number of rotatable bonds is 4. The van der Waals surface area contributed by atoms with Crippen LogP contribution in [-0.2, 0) is 0 Å². The van der Waals surface area contributed by atoms with Crippen LogP contribution in [0.1, 0.15) is 5.56 Å². The van der Waals surface area contributed by atoms with Gasteiger partial charge in [-0.15, -0.1) is 0 Å². The average Bonchev–Trinajstić information content (AvgIpc) is 2.16. The Morgan fingerprint density at radius 1 is 1.54 bits per heavy atom. The second-order valence-corrected chi connectivity index (χ2v) is 3.70. The standard InChI is InChI=1S/C10H11IO2/c1-2-8-7-9(11)3-4-10(8)13-6-5-12/h2-4,7,12H,1,5-6H2. The van der Waals surface area contributed by atoms with E-state index < -0.39 is 0 Å². The smallest absolute Gasteiger partial charge is 0.126 e. The van der Waals surface area contributed by atoms with Crippen molar-refractivity contribution in [2.24, 2.45) is 0 Å². The van der Waals surface area contributed by atoms with E-state index in [9.17, 15) is 0 Å². The molecule has 0 heterocycles. The highest BCUT2D eigenvalue weighted by atomic mass is 127. The first-order valence-electron chi connectivity index (χ1n) is 3.93. The van der Waals surface area contributed by atoms with E-state index in [1.807, 2.05) is 18.2 Å². The number of hydrogen-bond donors (Lipinski definition) is 1. The average molecular weight is 290 g/mol. The van der Waals surface area contributed by atoms with E-state index in [2.05, 4.69) is 29.2 Å². The Morgan fingerprint density at radius 2 is 2.31 bits per heavy atom. The summed E-state index contributed by atoms with van der Waals surface area (Å²) in [7, 11) is 0. The Balaban J connectivity index is 2.86. The Bertz CT molecular complexity index is 297. The van der Waals surface area contributed by atoms with Crippen molar-refractivity contribution in [1.29, 1.82) is 0 Å². The topological polar surface area (TPSA) is 29.5 Å². The molecule has 1 N–H and O–H groups in total. The first kappa shape index (κ1) is 10.5. The predicted molar refractivity (Wildman–Crippen MR) is 61.8 cm³/mol. The van der Waals surface area contributed by atoms with Gasteiger partial charge >= 0.3 is 0 Å². The molecule has 0 radical (unpaired) electrons. The number of halogens is 1. The fourth-order valence-electron chi connectivity index (χ4n) is 0.966. The van der Waals surface area contributed by atoms with E-state index in [0.29, 0.717) is 6.61 Å². The molecular formula is C10H11IO2. The first-order chi connectivity index (χ1) is 6.27. The van der Waals surface area contributed by atoms with E-state index in [-0.39, 0.29) is 6.61 Å². The maximum Gasteiger partial charge on any atom is 0.126 e. The fraction of sp³-hybridized carbons (Fsp3) is 0.200. The normalized spacial score (nSPS) is 9.69. The van der Waals surface area contributed by atoms with Crippen molar-refractivity contribution in [1.82, 2.24) is 0 Å². The minimum absolute atomic E-state index is 0.0303. The van der Waals surface area contributed by atoms with Gasteiger partial charge in [-0.2, -0.15) is 0 Å². The van der Waals surface area contributed by atoms with Crippen molar-refractivity contribution in [2.75, 3.05) is 13.2 Å². The molecule has 0 aliphatic rings. The van der Waals surface area contributed by atoms with Crippen LogP contribution in [0.4, 0.5) is 0 Å². The van der Waals surface area contributed by atoms with Crippen LogP contribution >= 0.6 is 22.6 Å². The van der Waals surface area contributed by atoms with Crippen LogP contribution in [0, 0.1) is 3.57 Å². The van der Waals surface area contributed by atoms with Gasteiger partial charge in [0.25, 0.3) is 0 Å². The SMILES string of the molecule is C=Cc1cc(I)ccc1OCCO. The molecule has 0 aliphatic heterocycles. The summed E-state index contributed by atoms with van der Waals surface area (Å²) in [5.74, 6) is 0.768. The van der Waals surface area contributed by atoms with E-state index in [0.717, 1.165) is 14.9 Å². The van der Waals surface area contributed by atoms with Gasteiger partial charge in [-0.05, 0) is 40.8 Å². The van der Waals surface area contributed by atoms with E-state index >= 15 is 0 Å². The van der Waals surface area contributed by atoms with Gasteiger partial charge in [-0.3, -0.25) is 0 Å². The van der Waals surface area contributed by atoms with Crippen molar-refractivity contribution in [3.63, 3.8) is 0 Å². The molecule has 3 heteroatoms. The minimum atomic E-state index is 0.0303. The zero-order chi connectivity index (χ0) is 9.68. The molecular weight excluding hydrogens is 279 g/mol. The molecule has 0 unspecified atom stereocenters. The van der Waals surface area contributed by atoms with E-state index in [4.69, 9.17) is 9.84 Å². The lowest BCUT2D eigenvalue weighted by atomic mass is 10.2. The minimum Gasteiger partial charge on any atom is -0.491 e. The summed E-state index contributed by atoms with van der Waals surface area (Å²) in [4.78, 5) is 0. The lowest BCUT2D eigenvalue weighted by Gasteiger charge is -2.07. The summed E-state index contributed by atoms with van der Waals surface area (Å²) in [6, 6.07) is 5.83. The Labute approximate surface area is 91.4 Å². The summed E-state index contributed by atoms with van der Waals surface area (Å²) in [6.45, 7) is 4.05. The number of aliphatic hydroxyl groups excluding tert-OH is 1. The summed E-state index contributed by atoms with van der Waals surface area (Å²) in [5, 5.41) is 8.59. The first-order valence-corrected chi connectivity index (χ1v) is 5.01. The molecule has 0 saturated carbocycles. The van der Waals surface area contributed by atoms with Crippen LogP contribution in [0.5, 0.6) is 5.75 Å². The highest BCUT2D eigenvalue weighted by Crippen LogP contribution is 2.21. The van der Waals surface area contributed by atoms with Gasteiger partial charge in [0.1, 0.15) is 12.4 Å². The van der Waals surface area contributed by atoms with Crippen LogP contribution in [0.2, 0.25) is 0 Å². The highest BCUT2D eigenvalue weighted by Gasteiger charge is 2.00. The third-order valence-corrected chi connectivity index (χ3v) is 2.21. The third kappa shape index (κ3) is 3.00. The van der Waals surface area contributed by atoms with Crippen LogP contribution in [0.3, 0.4) is 0 Å². The molecule has 0 aliphatic carbocycles. The molecule has 0 fully saturated rings. The van der Waals surface area contributed by atoms with E-state index in [1.165, 1.54) is 0 Å². The Kier molecular flexibility index (Phi) is 4.24. The number of ether oxygens (including phenoxy) is 1. The summed E-state index contributed by atoms with van der Waals surface area (Å²) in [5.41, 5.74) is 0.959. The van der Waals surface area contributed by atoms with Crippen LogP contribution in [-0.4, -0.2) is 18.3 Å². The fourth-order valence-corrected chi connectivity index (χ4v) is 1.48. The van der Waals surface area contributed by atoms with Crippen molar-refractivity contribution in [3.05, 3.63) is 33.9 Å². The molecule has 70 valence electrons. The van der Waals surface area contributed by atoms with E-state index in [1.54, 1.807) is 6.08 Å². The summed E-state index contributed by atoms with van der Waals surface area (Å²) in [6.07, 6.45) is 1.74. The van der Waals surface area contributed by atoms with Gasteiger partial charge in [-0.1, -0.05) is 12.7 Å². The monoisotopic (exact) mass is 290 g/mol. The van der Waals surface area contributed by atoms with Crippen molar-refractivity contribution < 1.29 is 9.84 Å². The van der Waals surface area contributed by atoms with Gasteiger partial charge in [0.05, 0.1) is 6.61 Å². The molecule has 0 spiro atoms. The highest BCUT2D eigenvalue weighted by molar-refractivity contribution is 14.1. The summed E-state index contributed by atoms with van der Waals surface area (Å²) >= 11 is 2.23. The lowest BCUT2D eigenvalue weighted by molar-refractivity contribution is 0.201. The predicted octanol–water partition coefficient (Wildman–Crippen LogP) is 2.31. The molecule has 1 aromatic carbocycles. The van der Waals surface area contributed by atoms with Crippen molar-refractivity contribution in [2.45, 2.75) is 0 Å². The van der Waals surface area contributed by atoms with Gasteiger partial charge in [0.15, 0.2) is 0 Å². The molecule has 0 saturated heterocycles. The van der Waals surface area contributed by atoms with Gasteiger partial charge in [-0.25, -0.2) is 0 Å². The Hall–Kier alpha value is -0.550. The maximum absolute atomic E-state index is 8.59. The maximum atomic E-state index is 8.59. The van der Waals surface area contributed by atoms with Gasteiger partial charge < -0.3 is 9.84 Å². The Morgan fingerprint density at radius 3 is 2.92 bits per heavy atom. The molecule has 1 aromatic rings. The van der Waals surface area contributed by atoms with Gasteiger partial charge in [0.2, 0.25) is 0 Å². The quantitative estimate of drug-likeness (QED) is 0.862. The second-order valence-electron chi connectivity index (χ2n) is 2.46. The zero-order valence-corrected chi connectivity index (χ0v) is 9.32. The molecule has 2 nitrogen and oxygen atoms in total. The molecule has 1 rings (SSSR count). The van der Waals surface area contributed by atoms with Crippen molar-refractivity contribution >= 4 is 28.7 Å². The molecule has 13 heavy (non-hydrogen) atoms. The van der Waals surface area contributed by atoms with Gasteiger partial charge in [0, 0.05) is 9.13 Å². The third-order valence-electron chi connectivity index (χ3n) is 1.54. The number of aliphatic hydroxyl groups is 1. The number of benzene rings is 1. The lowest BCUT2D eigenvalue weighted by Crippen LogP contribution is -2.02. The van der Waals surface area contributed by atoms with Crippen LogP contribution in [0.25, 0.3) is 6.08 Å². The number of hydrogen-bond acceptors (Lipinski definition) is 2. The van der Waals surface area contributed by atoms with Crippen LogP contribution in [0.15, 0.2) is 24.8 Å². The van der Waals surface area contributed by atoms with Crippen molar-refractivity contribution in [3.8, 4) is 5.75 Å². The molecule has 0 amide bonds. The second kappa shape index (κ2) is 5.24. The zero-order valence-electron chi connectivity index (χ0n) is 7.16. The van der Waals surface area contributed by atoms with Crippen LogP contribution < -0.4 is 4.74 Å². The summed E-state index contributed by atoms with van der Waals surface area (Å²) < 4.78 is 6.45. The molecule has 0 atom stereocenters. The largest absolute Gasteiger partial charge is 0.491 e.